The Balaban J connectivity index is 1.75. The fourth-order valence-electron chi connectivity index (χ4n) is 4.09. The van der Waals surface area contributed by atoms with Crippen LogP contribution in [0.3, 0.4) is 0 Å². The highest BCUT2D eigenvalue weighted by molar-refractivity contribution is 4.83. The Kier molecular flexibility index (Phi) is 5.34. The summed E-state index contributed by atoms with van der Waals surface area (Å²) in [4.78, 5) is 0. The van der Waals surface area contributed by atoms with Crippen LogP contribution in [0.1, 0.15) is 77.6 Å². The molecule has 0 heterocycles. The van der Waals surface area contributed by atoms with Gasteiger partial charge < -0.3 is 5.11 Å². The maximum absolute atomic E-state index is 10.5. The van der Waals surface area contributed by atoms with Crippen molar-refractivity contribution >= 4 is 0 Å². The molecule has 0 aromatic rings. The van der Waals surface area contributed by atoms with E-state index in [0.717, 1.165) is 5.92 Å². The van der Waals surface area contributed by atoms with Crippen LogP contribution in [0.5, 0.6) is 0 Å². The minimum absolute atomic E-state index is 0.0258. The topological polar surface area (TPSA) is 20.2 Å². The summed E-state index contributed by atoms with van der Waals surface area (Å²) in [5, 5.41) is 10.5. The molecular formula is C16H30O. The van der Waals surface area contributed by atoms with Crippen LogP contribution in [0.25, 0.3) is 0 Å². The van der Waals surface area contributed by atoms with Gasteiger partial charge in [-0.05, 0) is 43.4 Å². The number of aliphatic hydroxyl groups excluding tert-OH is 1. The predicted molar refractivity (Wildman–Crippen MR) is 72.9 cm³/mol. The molecule has 0 spiro atoms. The fraction of sp³-hybridized carbons (Fsp3) is 1.00. The largest absolute Gasteiger partial charge is 0.393 e. The highest BCUT2D eigenvalue weighted by Gasteiger charge is 2.31. The third kappa shape index (κ3) is 3.71. The molecule has 1 unspecified atom stereocenters. The molecule has 2 fully saturated rings. The van der Waals surface area contributed by atoms with Crippen molar-refractivity contribution < 1.29 is 5.11 Å². The van der Waals surface area contributed by atoms with E-state index in [1.807, 2.05) is 0 Å². The van der Waals surface area contributed by atoms with Gasteiger partial charge in [0.1, 0.15) is 0 Å². The van der Waals surface area contributed by atoms with Crippen LogP contribution in [0.2, 0.25) is 0 Å². The summed E-state index contributed by atoms with van der Waals surface area (Å²) in [5.41, 5.74) is 0. The normalized spacial score (nSPS) is 33.5. The number of aliphatic hydroxyl groups is 1. The van der Waals surface area contributed by atoms with Gasteiger partial charge in [0.2, 0.25) is 0 Å². The van der Waals surface area contributed by atoms with Crippen molar-refractivity contribution in [2.45, 2.75) is 83.7 Å². The molecule has 17 heavy (non-hydrogen) atoms. The summed E-state index contributed by atoms with van der Waals surface area (Å²) >= 11 is 0. The molecule has 1 N–H and O–H groups in total. The summed E-state index contributed by atoms with van der Waals surface area (Å²) in [6, 6.07) is 0. The first-order chi connectivity index (χ1) is 8.31. The Labute approximate surface area is 107 Å². The molecule has 1 atom stereocenters. The molecule has 0 bridgehead atoms. The summed E-state index contributed by atoms with van der Waals surface area (Å²) < 4.78 is 0. The molecule has 1 heteroatoms. The van der Waals surface area contributed by atoms with Gasteiger partial charge in [0, 0.05) is 0 Å². The van der Waals surface area contributed by atoms with E-state index in [9.17, 15) is 5.11 Å². The maximum Gasteiger partial charge on any atom is 0.0596 e. The molecule has 0 aliphatic heterocycles. The molecule has 0 aromatic heterocycles. The maximum atomic E-state index is 10.5. The lowest BCUT2D eigenvalue weighted by atomic mass is 9.72. The number of hydrogen-bond donors (Lipinski definition) is 1. The Morgan fingerprint density at radius 3 is 2.06 bits per heavy atom. The van der Waals surface area contributed by atoms with Gasteiger partial charge in [0.25, 0.3) is 0 Å². The van der Waals surface area contributed by atoms with Crippen molar-refractivity contribution in [1.82, 2.24) is 0 Å². The molecule has 2 saturated carbocycles. The molecule has 0 amide bonds. The molecule has 2 aliphatic carbocycles. The molecule has 1 nitrogen and oxygen atoms in total. The molecule has 0 radical (unpaired) electrons. The van der Waals surface area contributed by atoms with Crippen LogP contribution in [0.15, 0.2) is 0 Å². The summed E-state index contributed by atoms with van der Waals surface area (Å²) in [6.45, 7) is 2.29. The number of hydrogen-bond acceptors (Lipinski definition) is 1. The molecular weight excluding hydrogens is 208 g/mol. The fourth-order valence-corrected chi connectivity index (χ4v) is 4.09. The zero-order valence-electron chi connectivity index (χ0n) is 11.5. The van der Waals surface area contributed by atoms with E-state index in [1.54, 1.807) is 0 Å². The van der Waals surface area contributed by atoms with Crippen LogP contribution in [0.4, 0.5) is 0 Å². The zero-order chi connectivity index (χ0) is 12.1. The van der Waals surface area contributed by atoms with Crippen molar-refractivity contribution in [2.75, 3.05) is 0 Å². The van der Waals surface area contributed by atoms with Crippen molar-refractivity contribution in [3.8, 4) is 0 Å². The molecule has 2 aliphatic rings. The lowest BCUT2D eigenvalue weighted by molar-refractivity contribution is 0.0117. The van der Waals surface area contributed by atoms with E-state index in [0.29, 0.717) is 11.8 Å². The lowest BCUT2D eigenvalue weighted by Gasteiger charge is -2.36. The monoisotopic (exact) mass is 238 g/mol. The smallest absolute Gasteiger partial charge is 0.0596 e. The van der Waals surface area contributed by atoms with Crippen LogP contribution in [0, 0.1) is 17.8 Å². The third-order valence-electron chi connectivity index (χ3n) is 5.20. The van der Waals surface area contributed by atoms with E-state index in [-0.39, 0.29) is 6.10 Å². The van der Waals surface area contributed by atoms with Crippen LogP contribution < -0.4 is 0 Å². The third-order valence-corrected chi connectivity index (χ3v) is 5.20. The average molecular weight is 238 g/mol. The lowest BCUT2D eigenvalue weighted by Crippen LogP contribution is -2.33. The Hall–Kier alpha value is -0.0400. The van der Waals surface area contributed by atoms with Gasteiger partial charge in [-0.1, -0.05) is 51.9 Å². The number of rotatable bonds is 4. The Morgan fingerprint density at radius 2 is 1.47 bits per heavy atom. The quantitative estimate of drug-likeness (QED) is 0.762. The first-order valence-corrected chi connectivity index (χ1v) is 7.99. The van der Waals surface area contributed by atoms with Gasteiger partial charge in [-0.25, -0.2) is 0 Å². The van der Waals surface area contributed by atoms with E-state index < -0.39 is 0 Å². The zero-order valence-corrected chi connectivity index (χ0v) is 11.5. The van der Waals surface area contributed by atoms with Crippen molar-refractivity contribution in [3.05, 3.63) is 0 Å². The first kappa shape index (κ1) is 13.4. The molecule has 0 saturated heterocycles. The SMILES string of the molecule is CCCC1CCC(C(O)C2CCCCC2)CC1. The highest BCUT2D eigenvalue weighted by Crippen LogP contribution is 2.38. The minimum Gasteiger partial charge on any atom is -0.393 e. The van der Waals surface area contributed by atoms with Gasteiger partial charge in [-0.3, -0.25) is 0 Å². The minimum atomic E-state index is 0.0258. The Bertz CT molecular complexity index is 200. The molecule has 2 rings (SSSR count). The first-order valence-electron chi connectivity index (χ1n) is 7.99. The Morgan fingerprint density at radius 1 is 0.882 bits per heavy atom. The van der Waals surface area contributed by atoms with Gasteiger partial charge in [-0.2, -0.15) is 0 Å². The van der Waals surface area contributed by atoms with Gasteiger partial charge in [-0.15, -0.1) is 0 Å². The van der Waals surface area contributed by atoms with E-state index in [1.165, 1.54) is 70.6 Å². The molecule has 100 valence electrons. The molecule has 0 aromatic carbocycles. The van der Waals surface area contributed by atoms with Crippen LogP contribution in [-0.2, 0) is 0 Å². The van der Waals surface area contributed by atoms with Gasteiger partial charge in [0.05, 0.1) is 6.10 Å². The van der Waals surface area contributed by atoms with E-state index >= 15 is 0 Å². The van der Waals surface area contributed by atoms with Crippen molar-refractivity contribution in [2.24, 2.45) is 17.8 Å². The standard InChI is InChI=1S/C16H30O/c1-2-6-13-9-11-15(12-10-13)16(17)14-7-4-3-5-8-14/h13-17H,2-12H2,1H3. The van der Waals surface area contributed by atoms with Gasteiger partial charge >= 0.3 is 0 Å². The summed E-state index contributed by atoms with van der Waals surface area (Å²) in [6.07, 6.45) is 14.8. The highest BCUT2D eigenvalue weighted by atomic mass is 16.3. The second-order valence-electron chi connectivity index (χ2n) is 6.46. The predicted octanol–water partition coefficient (Wildman–Crippen LogP) is 4.53. The summed E-state index contributed by atoms with van der Waals surface area (Å²) in [5.74, 6) is 2.23. The van der Waals surface area contributed by atoms with E-state index in [2.05, 4.69) is 6.92 Å². The van der Waals surface area contributed by atoms with E-state index in [4.69, 9.17) is 0 Å². The average Bonchev–Trinajstić information content (AvgIpc) is 2.40. The second kappa shape index (κ2) is 6.78. The summed E-state index contributed by atoms with van der Waals surface area (Å²) in [7, 11) is 0. The second-order valence-corrected chi connectivity index (χ2v) is 6.46. The van der Waals surface area contributed by atoms with Crippen LogP contribution >= 0.6 is 0 Å². The van der Waals surface area contributed by atoms with Crippen LogP contribution in [-0.4, -0.2) is 11.2 Å². The van der Waals surface area contributed by atoms with Crippen molar-refractivity contribution in [3.63, 3.8) is 0 Å². The van der Waals surface area contributed by atoms with Crippen molar-refractivity contribution in [1.29, 1.82) is 0 Å². The van der Waals surface area contributed by atoms with Gasteiger partial charge in [0.15, 0.2) is 0 Å².